The second kappa shape index (κ2) is 7.81. The van der Waals surface area contributed by atoms with Gasteiger partial charge in [-0.3, -0.25) is 4.79 Å². The molecule has 0 saturated heterocycles. The molecule has 0 saturated carbocycles. The van der Waals surface area contributed by atoms with Gasteiger partial charge in [-0.05, 0) is 22.4 Å². The maximum absolute atomic E-state index is 12.9. The molecule has 1 N–H and O–H groups in total. The van der Waals surface area contributed by atoms with Crippen LogP contribution >= 0.6 is 23.6 Å². The van der Waals surface area contributed by atoms with Crippen LogP contribution in [-0.4, -0.2) is 17.3 Å². The molecular formula is C19H23N2OS2+. The molecule has 0 aliphatic heterocycles. The number of carbonyl (C=O) groups excluding carboxylic acids is 1. The molecule has 0 fully saturated rings. The van der Waals surface area contributed by atoms with Crippen molar-refractivity contribution in [2.45, 2.75) is 32.2 Å². The molecule has 3 nitrogen and oxygen atoms in total. The Morgan fingerprint density at radius 3 is 2.54 bits per heavy atom. The number of rotatable bonds is 6. The third-order valence-corrected chi connectivity index (χ3v) is 4.95. The van der Waals surface area contributed by atoms with Crippen molar-refractivity contribution in [3.63, 3.8) is 0 Å². The largest absolute Gasteiger partial charge is 0.370 e. The van der Waals surface area contributed by atoms with Crippen molar-refractivity contribution in [2.75, 3.05) is 6.54 Å². The van der Waals surface area contributed by atoms with E-state index >= 15 is 0 Å². The summed E-state index contributed by atoms with van der Waals surface area (Å²) in [5.74, 6) is 0.0000657. The normalized spacial score (nSPS) is 12.5. The SMILES string of the molecule is C=CCNC(=S)[C@H](C(=O)c1cccs1)[n+]1ccc(C(C)(C)C)cc1. The Morgan fingerprint density at radius 2 is 2.04 bits per heavy atom. The van der Waals surface area contributed by atoms with Crippen LogP contribution in [0.3, 0.4) is 0 Å². The van der Waals surface area contributed by atoms with Crippen LogP contribution in [0.5, 0.6) is 0 Å². The lowest BCUT2D eigenvalue weighted by Crippen LogP contribution is -2.51. The number of carbonyl (C=O) groups is 1. The van der Waals surface area contributed by atoms with Gasteiger partial charge < -0.3 is 5.32 Å². The molecule has 0 aliphatic rings. The molecule has 2 heterocycles. The Bertz CT molecular complexity index is 713. The Labute approximate surface area is 153 Å². The van der Waals surface area contributed by atoms with Crippen LogP contribution in [0.4, 0.5) is 0 Å². The standard InChI is InChI=1S/C19H22N2OS2/c1-5-10-20-18(23)16(17(22)15-7-6-13-24-15)21-11-8-14(9-12-21)19(2,3)4/h5-9,11-13,16H,1,10H2,2-4H3/p+1/t16-/m0/s1. The van der Waals surface area contributed by atoms with E-state index in [0.29, 0.717) is 16.4 Å². The van der Waals surface area contributed by atoms with Gasteiger partial charge in [-0.2, -0.15) is 4.57 Å². The van der Waals surface area contributed by atoms with Crippen LogP contribution in [-0.2, 0) is 5.41 Å². The van der Waals surface area contributed by atoms with E-state index in [0.717, 1.165) is 0 Å². The molecule has 126 valence electrons. The summed E-state index contributed by atoms with van der Waals surface area (Å²) in [4.78, 5) is 14.1. The minimum absolute atomic E-state index is 0.0000657. The van der Waals surface area contributed by atoms with Crippen LogP contribution in [0.2, 0.25) is 0 Å². The van der Waals surface area contributed by atoms with Gasteiger partial charge in [-0.25, -0.2) is 0 Å². The predicted octanol–water partition coefficient (Wildman–Crippen LogP) is 3.86. The number of nitrogens with one attached hydrogen (secondary N) is 1. The molecule has 0 radical (unpaired) electrons. The number of Topliss-reactive ketones (excluding diaryl/α,β-unsaturated/α-hetero) is 1. The Morgan fingerprint density at radius 1 is 1.38 bits per heavy atom. The topological polar surface area (TPSA) is 33.0 Å². The van der Waals surface area contributed by atoms with Gasteiger partial charge >= 0.3 is 0 Å². The monoisotopic (exact) mass is 359 g/mol. The Hall–Kier alpha value is -1.85. The summed E-state index contributed by atoms with van der Waals surface area (Å²) in [6, 6.07) is 7.26. The van der Waals surface area contributed by atoms with E-state index < -0.39 is 6.04 Å². The van der Waals surface area contributed by atoms with Crippen LogP contribution in [0, 0.1) is 0 Å². The zero-order valence-corrected chi connectivity index (χ0v) is 15.9. The summed E-state index contributed by atoms with van der Waals surface area (Å²) in [5.41, 5.74) is 1.28. The van der Waals surface area contributed by atoms with Crippen molar-refractivity contribution >= 4 is 34.3 Å². The van der Waals surface area contributed by atoms with Crippen molar-refractivity contribution in [2.24, 2.45) is 0 Å². The second-order valence-corrected chi connectivity index (χ2v) is 7.95. The zero-order valence-electron chi connectivity index (χ0n) is 14.3. The molecule has 0 spiro atoms. The number of thiocarbonyl (C=S) groups is 1. The number of aromatic nitrogens is 1. The van der Waals surface area contributed by atoms with Crippen molar-refractivity contribution in [1.82, 2.24) is 5.32 Å². The van der Waals surface area contributed by atoms with Gasteiger partial charge in [-0.1, -0.05) is 45.1 Å². The van der Waals surface area contributed by atoms with Crippen LogP contribution in [0.25, 0.3) is 0 Å². The average molecular weight is 360 g/mol. The second-order valence-electron chi connectivity index (χ2n) is 6.56. The number of hydrogen-bond acceptors (Lipinski definition) is 3. The van der Waals surface area contributed by atoms with E-state index in [1.165, 1.54) is 16.9 Å². The fraction of sp³-hybridized carbons (Fsp3) is 0.316. The van der Waals surface area contributed by atoms with Crippen LogP contribution in [0.15, 0.2) is 54.7 Å². The minimum Gasteiger partial charge on any atom is -0.370 e. The lowest BCUT2D eigenvalue weighted by Gasteiger charge is -2.19. The van der Waals surface area contributed by atoms with Gasteiger partial charge in [0.05, 0.1) is 4.88 Å². The quantitative estimate of drug-likeness (QED) is 0.368. The third kappa shape index (κ3) is 4.36. The molecule has 0 bridgehead atoms. The first-order chi connectivity index (χ1) is 11.3. The molecule has 2 aromatic rings. The van der Waals surface area contributed by atoms with E-state index in [9.17, 15) is 4.79 Å². The summed E-state index contributed by atoms with van der Waals surface area (Å²) in [6.45, 7) is 10.7. The molecule has 0 aromatic carbocycles. The third-order valence-electron chi connectivity index (χ3n) is 3.70. The highest BCUT2D eigenvalue weighted by Gasteiger charge is 2.33. The lowest BCUT2D eigenvalue weighted by atomic mass is 9.88. The van der Waals surface area contributed by atoms with Gasteiger partial charge in [0.25, 0.3) is 6.04 Å². The van der Waals surface area contributed by atoms with Gasteiger partial charge in [0.1, 0.15) is 0 Å². The first-order valence-corrected chi connectivity index (χ1v) is 9.11. The van der Waals surface area contributed by atoms with Crippen LogP contribution < -0.4 is 9.88 Å². The highest BCUT2D eigenvalue weighted by atomic mass is 32.1. The average Bonchev–Trinajstić information content (AvgIpc) is 3.07. The first-order valence-electron chi connectivity index (χ1n) is 7.82. The number of nitrogens with zero attached hydrogens (tertiary/aromatic N) is 1. The first kappa shape index (κ1) is 18.5. The molecular weight excluding hydrogens is 336 g/mol. The number of thiophene rings is 1. The minimum atomic E-state index is -0.549. The molecule has 0 aliphatic carbocycles. The molecule has 1 atom stereocenters. The maximum Gasteiger partial charge on any atom is 0.271 e. The summed E-state index contributed by atoms with van der Waals surface area (Å²) in [7, 11) is 0. The van der Waals surface area contributed by atoms with Gasteiger partial charge in [0.2, 0.25) is 5.78 Å². The molecule has 0 unspecified atom stereocenters. The Kier molecular flexibility index (Phi) is 6.02. The molecule has 5 heteroatoms. The number of hydrogen-bond donors (Lipinski definition) is 1. The van der Waals surface area contributed by atoms with E-state index in [2.05, 4.69) is 32.7 Å². The molecule has 2 aromatic heterocycles. The van der Waals surface area contributed by atoms with E-state index in [1.54, 1.807) is 6.08 Å². The molecule has 2 rings (SSSR count). The van der Waals surface area contributed by atoms with E-state index in [-0.39, 0.29) is 11.2 Å². The molecule has 24 heavy (non-hydrogen) atoms. The van der Waals surface area contributed by atoms with Crippen LogP contribution in [0.1, 0.15) is 42.0 Å². The van der Waals surface area contributed by atoms with Crippen molar-refractivity contribution in [3.05, 3.63) is 65.1 Å². The van der Waals surface area contributed by atoms with Gasteiger partial charge in [0.15, 0.2) is 17.4 Å². The van der Waals surface area contributed by atoms with E-state index in [4.69, 9.17) is 12.2 Å². The summed E-state index contributed by atoms with van der Waals surface area (Å²) < 4.78 is 1.87. The summed E-state index contributed by atoms with van der Waals surface area (Å²) >= 11 is 6.92. The van der Waals surface area contributed by atoms with Crippen molar-refractivity contribution < 1.29 is 9.36 Å². The van der Waals surface area contributed by atoms with Crippen molar-refractivity contribution in [1.29, 1.82) is 0 Å². The van der Waals surface area contributed by atoms with Gasteiger partial charge in [-0.15, -0.1) is 17.9 Å². The molecule has 0 amide bonds. The number of ketones is 1. The summed E-state index contributed by atoms with van der Waals surface area (Å²) in [5, 5.41) is 5.00. The lowest BCUT2D eigenvalue weighted by molar-refractivity contribution is -0.692. The highest BCUT2D eigenvalue weighted by Crippen LogP contribution is 2.21. The van der Waals surface area contributed by atoms with Crippen molar-refractivity contribution in [3.8, 4) is 0 Å². The summed E-state index contributed by atoms with van der Waals surface area (Å²) in [6.07, 6.45) is 5.59. The van der Waals surface area contributed by atoms with Gasteiger partial charge in [0, 0.05) is 18.7 Å². The Balaban J connectivity index is 2.36. The zero-order chi connectivity index (χ0) is 17.7. The maximum atomic E-state index is 12.9. The fourth-order valence-electron chi connectivity index (χ4n) is 2.32. The number of pyridine rings is 1. The smallest absolute Gasteiger partial charge is 0.271 e. The van der Waals surface area contributed by atoms with E-state index in [1.807, 2.05) is 46.6 Å². The fourth-order valence-corrected chi connectivity index (χ4v) is 3.32. The predicted molar refractivity (Wildman–Crippen MR) is 104 cm³/mol. The highest BCUT2D eigenvalue weighted by molar-refractivity contribution is 7.80.